The highest BCUT2D eigenvalue weighted by Crippen LogP contribution is 2.30. The lowest BCUT2D eigenvalue weighted by atomic mass is 10.1. The maximum atomic E-state index is 12.8. The van der Waals surface area contributed by atoms with E-state index in [1.807, 2.05) is 66.1 Å². The summed E-state index contributed by atoms with van der Waals surface area (Å²) in [5, 5.41) is 9.84. The number of rotatable bonds is 8. The minimum absolute atomic E-state index is 0.0681. The van der Waals surface area contributed by atoms with Gasteiger partial charge in [0.15, 0.2) is 11.0 Å². The standard InChI is InChI=1S/C27H33N5O2S/c1-4-24(33)31-17-16-30(19-21(31)3)25(34)15-10-18-35-27-29-28-26(22-12-6-5-7-13-22)32(27)23-14-9-8-11-20(23)2/h5-9,11-14,21H,4,10,15-19H2,1-3H3. The molecule has 3 aromatic rings. The van der Waals surface area contributed by atoms with Crippen molar-refractivity contribution in [1.29, 1.82) is 0 Å². The zero-order valence-corrected chi connectivity index (χ0v) is 21.5. The van der Waals surface area contributed by atoms with Gasteiger partial charge in [-0.2, -0.15) is 0 Å². The molecular weight excluding hydrogens is 458 g/mol. The predicted octanol–water partition coefficient (Wildman–Crippen LogP) is 4.58. The minimum Gasteiger partial charge on any atom is -0.339 e. The highest BCUT2D eigenvalue weighted by Gasteiger charge is 2.28. The van der Waals surface area contributed by atoms with E-state index in [9.17, 15) is 9.59 Å². The molecule has 2 heterocycles. The van der Waals surface area contributed by atoms with Gasteiger partial charge in [0.1, 0.15) is 0 Å². The molecule has 4 rings (SSSR count). The highest BCUT2D eigenvalue weighted by molar-refractivity contribution is 7.99. The number of thioether (sulfide) groups is 1. The van der Waals surface area contributed by atoms with Crippen molar-refractivity contribution in [3.8, 4) is 17.1 Å². The molecule has 184 valence electrons. The van der Waals surface area contributed by atoms with Gasteiger partial charge in [0.2, 0.25) is 11.8 Å². The molecule has 0 aliphatic carbocycles. The lowest BCUT2D eigenvalue weighted by molar-refractivity contribution is -0.142. The first-order valence-corrected chi connectivity index (χ1v) is 13.2. The molecule has 1 aliphatic heterocycles. The van der Waals surface area contributed by atoms with Crippen LogP contribution >= 0.6 is 11.8 Å². The van der Waals surface area contributed by atoms with E-state index in [0.29, 0.717) is 32.5 Å². The Morgan fingerprint density at radius 3 is 2.46 bits per heavy atom. The number of carbonyl (C=O) groups is 2. The number of benzene rings is 2. The third kappa shape index (κ3) is 5.75. The second-order valence-corrected chi connectivity index (χ2v) is 9.94. The maximum Gasteiger partial charge on any atom is 0.222 e. The van der Waals surface area contributed by atoms with E-state index < -0.39 is 0 Å². The lowest BCUT2D eigenvalue weighted by Crippen LogP contribution is -2.55. The fourth-order valence-electron chi connectivity index (χ4n) is 4.47. The van der Waals surface area contributed by atoms with Gasteiger partial charge in [-0.25, -0.2) is 0 Å². The zero-order chi connectivity index (χ0) is 24.8. The smallest absolute Gasteiger partial charge is 0.222 e. The number of para-hydroxylation sites is 1. The molecule has 2 aromatic carbocycles. The third-order valence-corrected chi connectivity index (χ3v) is 7.41. The summed E-state index contributed by atoms with van der Waals surface area (Å²) in [6.07, 6.45) is 1.76. The molecule has 0 spiro atoms. The minimum atomic E-state index is 0.0681. The van der Waals surface area contributed by atoms with E-state index in [2.05, 4.69) is 33.8 Å². The van der Waals surface area contributed by atoms with Crippen LogP contribution in [0.25, 0.3) is 17.1 Å². The summed E-state index contributed by atoms with van der Waals surface area (Å²) in [4.78, 5) is 28.6. The quantitative estimate of drug-likeness (QED) is 0.341. The second-order valence-electron chi connectivity index (χ2n) is 8.88. The molecule has 8 heteroatoms. The fourth-order valence-corrected chi connectivity index (χ4v) is 5.36. The average molecular weight is 492 g/mol. The summed E-state index contributed by atoms with van der Waals surface area (Å²) < 4.78 is 2.11. The Balaban J connectivity index is 1.39. The molecule has 2 amide bonds. The number of aryl methyl sites for hydroxylation is 1. The van der Waals surface area contributed by atoms with Crippen molar-refractivity contribution in [2.24, 2.45) is 0 Å². The van der Waals surface area contributed by atoms with E-state index >= 15 is 0 Å². The van der Waals surface area contributed by atoms with Gasteiger partial charge in [-0.15, -0.1) is 10.2 Å². The number of nitrogens with zero attached hydrogens (tertiary/aromatic N) is 5. The summed E-state index contributed by atoms with van der Waals surface area (Å²) in [7, 11) is 0. The van der Waals surface area contributed by atoms with E-state index in [4.69, 9.17) is 0 Å². The molecule has 0 radical (unpaired) electrons. The largest absolute Gasteiger partial charge is 0.339 e. The van der Waals surface area contributed by atoms with Crippen LogP contribution < -0.4 is 0 Å². The van der Waals surface area contributed by atoms with E-state index in [-0.39, 0.29) is 17.9 Å². The molecule has 0 N–H and O–H groups in total. The van der Waals surface area contributed by atoms with Crippen LogP contribution in [0.2, 0.25) is 0 Å². The van der Waals surface area contributed by atoms with Gasteiger partial charge in [0, 0.05) is 49.8 Å². The van der Waals surface area contributed by atoms with Crippen LogP contribution in [0, 0.1) is 6.92 Å². The number of hydrogen-bond donors (Lipinski definition) is 0. The van der Waals surface area contributed by atoms with Gasteiger partial charge in [0.05, 0.1) is 5.69 Å². The van der Waals surface area contributed by atoms with Crippen molar-refractivity contribution in [2.45, 2.75) is 51.2 Å². The van der Waals surface area contributed by atoms with Crippen molar-refractivity contribution >= 4 is 23.6 Å². The van der Waals surface area contributed by atoms with Crippen LogP contribution in [0.15, 0.2) is 59.8 Å². The van der Waals surface area contributed by atoms with Gasteiger partial charge < -0.3 is 9.80 Å². The SMILES string of the molecule is CCC(=O)N1CCN(C(=O)CCCSc2nnc(-c3ccccc3)n2-c2ccccc2C)CC1C. The zero-order valence-electron chi connectivity index (χ0n) is 20.7. The van der Waals surface area contributed by atoms with Crippen molar-refractivity contribution in [3.05, 3.63) is 60.2 Å². The van der Waals surface area contributed by atoms with Gasteiger partial charge >= 0.3 is 0 Å². The van der Waals surface area contributed by atoms with Crippen LogP contribution in [-0.2, 0) is 9.59 Å². The van der Waals surface area contributed by atoms with E-state index in [1.165, 1.54) is 0 Å². The summed E-state index contributed by atoms with van der Waals surface area (Å²) in [5.41, 5.74) is 3.22. The Hall–Kier alpha value is -3.13. The number of hydrogen-bond acceptors (Lipinski definition) is 5. The Kier molecular flexibility index (Phi) is 8.23. The summed E-state index contributed by atoms with van der Waals surface area (Å²) in [6, 6.07) is 18.4. The Morgan fingerprint density at radius 1 is 1.00 bits per heavy atom. The fraction of sp³-hybridized carbons (Fsp3) is 0.407. The normalized spacial score (nSPS) is 15.9. The molecule has 35 heavy (non-hydrogen) atoms. The van der Waals surface area contributed by atoms with Crippen LogP contribution in [0.1, 0.15) is 38.7 Å². The first-order valence-electron chi connectivity index (χ1n) is 12.3. The molecule has 1 atom stereocenters. The lowest BCUT2D eigenvalue weighted by Gasteiger charge is -2.40. The monoisotopic (exact) mass is 491 g/mol. The Morgan fingerprint density at radius 2 is 1.74 bits per heavy atom. The summed E-state index contributed by atoms with van der Waals surface area (Å²) in [6.45, 7) is 7.84. The van der Waals surface area contributed by atoms with Gasteiger partial charge in [-0.1, -0.05) is 67.2 Å². The Labute approximate surface area is 211 Å². The number of piperazine rings is 1. The third-order valence-electron chi connectivity index (χ3n) is 6.39. The van der Waals surface area contributed by atoms with Crippen molar-refractivity contribution in [2.75, 3.05) is 25.4 Å². The second kappa shape index (κ2) is 11.5. The van der Waals surface area contributed by atoms with Crippen LogP contribution in [0.5, 0.6) is 0 Å². The molecule has 1 saturated heterocycles. The number of amides is 2. The van der Waals surface area contributed by atoms with E-state index in [1.54, 1.807) is 11.8 Å². The number of aromatic nitrogens is 3. The van der Waals surface area contributed by atoms with E-state index in [0.717, 1.165) is 40.0 Å². The first-order chi connectivity index (χ1) is 17.0. The highest BCUT2D eigenvalue weighted by atomic mass is 32.2. The topological polar surface area (TPSA) is 71.3 Å². The average Bonchev–Trinajstić information content (AvgIpc) is 3.30. The predicted molar refractivity (Wildman–Crippen MR) is 140 cm³/mol. The van der Waals surface area contributed by atoms with Gasteiger partial charge in [-0.3, -0.25) is 14.2 Å². The van der Waals surface area contributed by atoms with Crippen molar-refractivity contribution < 1.29 is 9.59 Å². The molecule has 1 aromatic heterocycles. The molecule has 1 aliphatic rings. The molecular formula is C27H33N5O2S. The summed E-state index contributed by atoms with van der Waals surface area (Å²) >= 11 is 1.63. The molecule has 1 fully saturated rings. The van der Waals surface area contributed by atoms with Crippen LogP contribution in [0.4, 0.5) is 0 Å². The van der Waals surface area contributed by atoms with Crippen LogP contribution in [-0.4, -0.2) is 67.8 Å². The maximum absolute atomic E-state index is 12.8. The van der Waals surface area contributed by atoms with Gasteiger partial charge in [0.25, 0.3) is 0 Å². The number of carbonyl (C=O) groups excluding carboxylic acids is 2. The molecule has 7 nitrogen and oxygen atoms in total. The molecule has 0 bridgehead atoms. The van der Waals surface area contributed by atoms with Crippen molar-refractivity contribution in [3.63, 3.8) is 0 Å². The van der Waals surface area contributed by atoms with Crippen LogP contribution in [0.3, 0.4) is 0 Å². The summed E-state index contributed by atoms with van der Waals surface area (Å²) in [5.74, 6) is 1.90. The molecule has 1 unspecified atom stereocenters. The Bertz CT molecular complexity index is 1160. The molecule has 0 saturated carbocycles. The first kappa shape index (κ1) is 25.0. The van der Waals surface area contributed by atoms with Gasteiger partial charge in [-0.05, 0) is 31.9 Å². The van der Waals surface area contributed by atoms with Crippen molar-refractivity contribution in [1.82, 2.24) is 24.6 Å².